The molecule has 0 saturated carbocycles. The molecule has 4 nitrogen and oxygen atoms in total. The lowest BCUT2D eigenvalue weighted by Gasteiger charge is -2.17. The first-order valence-electron chi connectivity index (χ1n) is 6.17. The molecule has 96 valence electrons. The molecule has 2 aromatic rings. The fourth-order valence-corrected chi connectivity index (χ4v) is 2.02. The molecule has 0 saturated heterocycles. The van der Waals surface area contributed by atoms with Gasteiger partial charge >= 0.3 is 0 Å². The van der Waals surface area contributed by atoms with E-state index in [0.717, 1.165) is 22.8 Å². The Morgan fingerprint density at radius 2 is 2.11 bits per heavy atom. The van der Waals surface area contributed by atoms with Crippen LogP contribution in [0.15, 0.2) is 30.5 Å². The van der Waals surface area contributed by atoms with Crippen molar-refractivity contribution in [2.24, 2.45) is 0 Å². The van der Waals surface area contributed by atoms with Crippen LogP contribution in [0.2, 0.25) is 0 Å². The van der Waals surface area contributed by atoms with Gasteiger partial charge in [-0.05, 0) is 39.0 Å². The van der Waals surface area contributed by atoms with Crippen LogP contribution in [0.5, 0.6) is 0 Å². The van der Waals surface area contributed by atoms with Crippen molar-refractivity contribution < 1.29 is 0 Å². The van der Waals surface area contributed by atoms with Gasteiger partial charge in [0, 0.05) is 11.9 Å². The Kier molecular flexibility index (Phi) is 3.76. The number of nitrogens with one attached hydrogen (secondary N) is 1. The minimum Gasteiger partial charge on any atom is -0.376 e. The largest absolute Gasteiger partial charge is 0.376 e. The Labute approximate surface area is 113 Å². The molecular weight excluding hydrogens is 236 g/mol. The molecule has 0 bridgehead atoms. The maximum Gasteiger partial charge on any atom is 0.103 e. The zero-order chi connectivity index (χ0) is 13.8. The van der Waals surface area contributed by atoms with E-state index in [1.54, 1.807) is 6.20 Å². The molecule has 2 aromatic heterocycles. The Bertz CT molecular complexity index is 614. The lowest BCUT2D eigenvalue weighted by Crippen LogP contribution is -2.10. The maximum absolute atomic E-state index is 9.23. The smallest absolute Gasteiger partial charge is 0.103 e. The van der Waals surface area contributed by atoms with Crippen LogP contribution in [-0.4, -0.2) is 9.97 Å². The number of nitriles is 1. The van der Waals surface area contributed by atoms with E-state index in [4.69, 9.17) is 0 Å². The van der Waals surface area contributed by atoms with Crippen LogP contribution in [0.1, 0.15) is 35.6 Å². The predicted molar refractivity (Wildman–Crippen MR) is 74.7 cm³/mol. The summed E-state index contributed by atoms with van der Waals surface area (Å²) in [5.74, 6) is 0. The van der Waals surface area contributed by atoms with Crippen molar-refractivity contribution >= 4 is 5.69 Å². The summed E-state index contributed by atoms with van der Waals surface area (Å²) in [6, 6.07) is 9.94. The summed E-state index contributed by atoms with van der Waals surface area (Å²) in [7, 11) is 0. The normalized spacial score (nSPS) is 11.7. The van der Waals surface area contributed by atoms with Gasteiger partial charge in [0.2, 0.25) is 0 Å². The number of aromatic nitrogens is 2. The fourth-order valence-electron chi connectivity index (χ4n) is 2.02. The van der Waals surface area contributed by atoms with Gasteiger partial charge < -0.3 is 5.32 Å². The first kappa shape index (κ1) is 13.0. The quantitative estimate of drug-likeness (QED) is 0.911. The van der Waals surface area contributed by atoms with Gasteiger partial charge in [-0.3, -0.25) is 9.97 Å². The molecule has 19 heavy (non-hydrogen) atoms. The Morgan fingerprint density at radius 3 is 2.74 bits per heavy atom. The molecule has 0 spiro atoms. The summed E-state index contributed by atoms with van der Waals surface area (Å²) in [6.07, 6.45) is 1.77. The van der Waals surface area contributed by atoms with Gasteiger partial charge in [0.05, 0.1) is 28.7 Å². The highest BCUT2D eigenvalue weighted by Crippen LogP contribution is 2.23. The minimum atomic E-state index is 0.0366. The van der Waals surface area contributed by atoms with Crippen molar-refractivity contribution in [1.82, 2.24) is 9.97 Å². The van der Waals surface area contributed by atoms with Crippen molar-refractivity contribution in [3.63, 3.8) is 0 Å². The van der Waals surface area contributed by atoms with Crippen molar-refractivity contribution in [2.45, 2.75) is 26.8 Å². The van der Waals surface area contributed by atoms with Gasteiger partial charge in [0.25, 0.3) is 0 Å². The van der Waals surface area contributed by atoms with Crippen LogP contribution in [0.3, 0.4) is 0 Å². The maximum atomic E-state index is 9.23. The van der Waals surface area contributed by atoms with E-state index in [2.05, 4.69) is 21.4 Å². The first-order chi connectivity index (χ1) is 9.11. The second-order valence-corrected chi connectivity index (χ2v) is 4.50. The first-order valence-corrected chi connectivity index (χ1v) is 6.17. The average molecular weight is 252 g/mol. The highest BCUT2D eigenvalue weighted by Gasteiger charge is 2.12. The fraction of sp³-hybridized carbons (Fsp3) is 0.267. The van der Waals surface area contributed by atoms with E-state index in [1.165, 1.54) is 0 Å². The van der Waals surface area contributed by atoms with Crippen molar-refractivity contribution in [3.8, 4) is 6.07 Å². The SMILES string of the molecule is Cc1cc(NC(C)c2ccccn2)c(C#N)c(C)n1. The topological polar surface area (TPSA) is 61.6 Å². The van der Waals surface area contributed by atoms with E-state index in [0.29, 0.717) is 5.56 Å². The molecule has 2 rings (SSSR count). The number of hydrogen-bond acceptors (Lipinski definition) is 4. The molecule has 0 aliphatic carbocycles. The number of anilines is 1. The predicted octanol–water partition coefficient (Wildman–Crippen LogP) is 3.14. The van der Waals surface area contributed by atoms with Gasteiger partial charge in [-0.1, -0.05) is 6.07 Å². The zero-order valence-electron chi connectivity index (χ0n) is 11.3. The van der Waals surface area contributed by atoms with Crippen molar-refractivity contribution in [2.75, 3.05) is 5.32 Å². The van der Waals surface area contributed by atoms with E-state index < -0.39 is 0 Å². The van der Waals surface area contributed by atoms with Crippen LogP contribution in [-0.2, 0) is 0 Å². The molecule has 0 aromatic carbocycles. The van der Waals surface area contributed by atoms with Gasteiger partial charge in [0.15, 0.2) is 0 Å². The third-order valence-corrected chi connectivity index (χ3v) is 2.94. The van der Waals surface area contributed by atoms with E-state index in [-0.39, 0.29) is 6.04 Å². The van der Waals surface area contributed by atoms with Crippen LogP contribution in [0.4, 0.5) is 5.69 Å². The number of nitrogens with zero attached hydrogens (tertiary/aromatic N) is 3. The standard InChI is InChI=1S/C15H16N4/c1-10-8-15(13(9-16)11(2)18-10)19-12(3)14-6-4-5-7-17-14/h4-8,12H,1-3H3,(H,18,19). The second-order valence-electron chi connectivity index (χ2n) is 4.50. The van der Waals surface area contributed by atoms with E-state index >= 15 is 0 Å². The molecule has 0 fully saturated rings. The molecule has 0 aliphatic rings. The molecule has 0 aliphatic heterocycles. The van der Waals surface area contributed by atoms with Gasteiger partial charge in [-0.15, -0.1) is 0 Å². The van der Waals surface area contributed by atoms with Gasteiger partial charge in [0.1, 0.15) is 6.07 Å². The van der Waals surface area contributed by atoms with Gasteiger partial charge in [-0.2, -0.15) is 5.26 Å². The van der Waals surface area contributed by atoms with Gasteiger partial charge in [-0.25, -0.2) is 0 Å². The number of hydrogen-bond donors (Lipinski definition) is 1. The van der Waals surface area contributed by atoms with Crippen LogP contribution in [0.25, 0.3) is 0 Å². The lowest BCUT2D eigenvalue weighted by atomic mass is 10.1. The van der Waals surface area contributed by atoms with E-state index in [9.17, 15) is 5.26 Å². The number of rotatable bonds is 3. The van der Waals surface area contributed by atoms with Crippen molar-refractivity contribution in [3.05, 3.63) is 53.1 Å². The third-order valence-electron chi connectivity index (χ3n) is 2.94. The van der Waals surface area contributed by atoms with Crippen LogP contribution >= 0.6 is 0 Å². The molecule has 2 heterocycles. The summed E-state index contributed by atoms with van der Waals surface area (Å²) in [6.45, 7) is 5.79. The molecule has 0 amide bonds. The number of pyridine rings is 2. The third kappa shape index (κ3) is 2.89. The summed E-state index contributed by atoms with van der Waals surface area (Å²) in [5.41, 5.74) is 3.99. The molecule has 1 N–H and O–H groups in total. The average Bonchev–Trinajstić information content (AvgIpc) is 2.39. The minimum absolute atomic E-state index is 0.0366. The van der Waals surface area contributed by atoms with Crippen LogP contribution in [0, 0.1) is 25.2 Å². The Hall–Kier alpha value is -2.41. The second kappa shape index (κ2) is 5.49. The molecule has 1 unspecified atom stereocenters. The highest BCUT2D eigenvalue weighted by molar-refractivity contribution is 5.60. The molecule has 1 atom stereocenters. The van der Waals surface area contributed by atoms with Crippen molar-refractivity contribution in [1.29, 1.82) is 5.26 Å². The Balaban J connectivity index is 2.32. The van der Waals surface area contributed by atoms with E-state index in [1.807, 2.05) is 45.0 Å². The van der Waals surface area contributed by atoms with Crippen LogP contribution < -0.4 is 5.32 Å². The lowest BCUT2D eigenvalue weighted by molar-refractivity contribution is 0.837. The molecule has 4 heteroatoms. The summed E-state index contributed by atoms with van der Waals surface area (Å²) >= 11 is 0. The Morgan fingerprint density at radius 1 is 1.32 bits per heavy atom. The summed E-state index contributed by atoms with van der Waals surface area (Å²) in [5, 5.41) is 12.6. The highest BCUT2D eigenvalue weighted by atomic mass is 14.9. The summed E-state index contributed by atoms with van der Waals surface area (Å²) < 4.78 is 0. The zero-order valence-corrected chi connectivity index (χ0v) is 11.3. The number of aryl methyl sites for hydroxylation is 2. The molecule has 0 radical (unpaired) electrons. The summed E-state index contributed by atoms with van der Waals surface area (Å²) in [4.78, 5) is 8.62. The monoisotopic (exact) mass is 252 g/mol. The molecular formula is C15H16N4.